The number of nitrogens with one attached hydrogen (secondary N) is 1. The number of anilines is 1. The average Bonchev–Trinajstić information content (AvgIpc) is 2.87. The lowest BCUT2D eigenvalue weighted by Crippen LogP contribution is -2.48. The number of para-hydroxylation sites is 1. The van der Waals surface area contributed by atoms with Gasteiger partial charge in [0.1, 0.15) is 11.7 Å². The van der Waals surface area contributed by atoms with Crippen LogP contribution in [0.2, 0.25) is 0 Å². The molecule has 1 unspecified atom stereocenters. The van der Waals surface area contributed by atoms with Crippen molar-refractivity contribution in [2.75, 3.05) is 5.32 Å². The normalized spacial score (nSPS) is 17.7. The molecule has 1 aromatic carbocycles. The summed E-state index contributed by atoms with van der Waals surface area (Å²) in [6, 6.07) is 8.71. The zero-order valence-corrected chi connectivity index (χ0v) is 13.5. The van der Waals surface area contributed by atoms with E-state index in [4.69, 9.17) is 0 Å². The number of hydrogen-bond acceptors (Lipinski definition) is 3. The van der Waals surface area contributed by atoms with Crippen LogP contribution in [-0.4, -0.2) is 32.5 Å². The zero-order valence-electron chi connectivity index (χ0n) is 13.5. The second-order valence-corrected chi connectivity index (χ2v) is 6.14. The van der Waals surface area contributed by atoms with Crippen LogP contribution in [0.4, 0.5) is 5.69 Å². The highest BCUT2D eigenvalue weighted by Gasteiger charge is 2.36. The van der Waals surface area contributed by atoms with E-state index in [0.717, 1.165) is 11.3 Å². The van der Waals surface area contributed by atoms with Gasteiger partial charge in [-0.1, -0.05) is 32.0 Å². The van der Waals surface area contributed by atoms with Crippen molar-refractivity contribution >= 4 is 17.5 Å². The largest absolute Gasteiger partial charge is 0.324 e. The maximum absolute atomic E-state index is 12.9. The minimum Gasteiger partial charge on any atom is -0.324 e. The average molecular weight is 312 g/mol. The van der Waals surface area contributed by atoms with Gasteiger partial charge in [-0.25, -0.2) is 0 Å². The van der Waals surface area contributed by atoms with E-state index in [-0.39, 0.29) is 17.7 Å². The number of carbonyl (C=O) groups is 2. The fourth-order valence-electron chi connectivity index (χ4n) is 2.95. The molecule has 1 aliphatic heterocycles. The Bertz CT molecular complexity index is 751. The third-order valence-electron chi connectivity index (χ3n) is 4.05. The van der Waals surface area contributed by atoms with E-state index < -0.39 is 6.04 Å². The molecule has 0 bridgehead atoms. The predicted octanol–water partition coefficient (Wildman–Crippen LogP) is 2.04. The van der Waals surface area contributed by atoms with Crippen LogP contribution in [0.5, 0.6) is 0 Å². The third kappa shape index (κ3) is 2.84. The first-order valence-electron chi connectivity index (χ1n) is 7.66. The summed E-state index contributed by atoms with van der Waals surface area (Å²) in [5, 5.41) is 7.12. The van der Waals surface area contributed by atoms with Crippen LogP contribution < -0.4 is 5.32 Å². The molecule has 120 valence electrons. The summed E-state index contributed by atoms with van der Waals surface area (Å²) in [6.45, 7) is 4.27. The summed E-state index contributed by atoms with van der Waals surface area (Å²) in [6.07, 6.45) is 1.73. The molecule has 6 nitrogen and oxygen atoms in total. The molecule has 6 heteroatoms. The van der Waals surface area contributed by atoms with Gasteiger partial charge in [-0.05, 0) is 23.6 Å². The van der Waals surface area contributed by atoms with Gasteiger partial charge < -0.3 is 10.2 Å². The van der Waals surface area contributed by atoms with Crippen LogP contribution in [0.25, 0.3) is 0 Å². The number of hydrogen-bond donors (Lipinski definition) is 1. The number of fused-ring (bicyclic) bond motifs is 1. The number of benzene rings is 1. The van der Waals surface area contributed by atoms with Gasteiger partial charge in [0.15, 0.2) is 0 Å². The highest BCUT2D eigenvalue weighted by atomic mass is 16.2. The Morgan fingerprint density at radius 1 is 1.30 bits per heavy atom. The van der Waals surface area contributed by atoms with Crippen molar-refractivity contribution in [3.63, 3.8) is 0 Å². The minimum absolute atomic E-state index is 0.00280. The van der Waals surface area contributed by atoms with Gasteiger partial charge >= 0.3 is 0 Å². The lowest BCUT2D eigenvalue weighted by atomic mass is 10.0. The Kier molecular flexibility index (Phi) is 3.90. The molecule has 3 rings (SSSR count). The van der Waals surface area contributed by atoms with Gasteiger partial charge in [-0.3, -0.25) is 14.3 Å². The Hall–Kier alpha value is -2.63. The second-order valence-electron chi connectivity index (χ2n) is 6.14. The van der Waals surface area contributed by atoms with Crippen molar-refractivity contribution in [3.05, 3.63) is 47.8 Å². The van der Waals surface area contributed by atoms with Crippen molar-refractivity contribution in [3.8, 4) is 0 Å². The van der Waals surface area contributed by atoms with Gasteiger partial charge in [0.25, 0.3) is 5.91 Å². The predicted molar refractivity (Wildman–Crippen MR) is 86.8 cm³/mol. The van der Waals surface area contributed by atoms with E-state index in [9.17, 15) is 9.59 Å². The SMILES string of the molecule is CC(C)C1C(=O)Nc2ccccc2CN1C(=O)c1ccn(C)n1. The molecule has 1 N–H and O–H groups in total. The highest BCUT2D eigenvalue weighted by molar-refractivity contribution is 6.02. The Morgan fingerprint density at radius 2 is 2.04 bits per heavy atom. The minimum atomic E-state index is -0.531. The molecule has 1 aromatic heterocycles. The summed E-state index contributed by atoms with van der Waals surface area (Å²) in [7, 11) is 1.77. The topological polar surface area (TPSA) is 67.2 Å². The molecular formula is C17H20N4O2. The van der Waals surface area contributed by atoms with Crippen molar-refractivity contribution in [1.29, 1.82) is 0 Å². The first-order chi connectivity index (χ1) is 11.0. The van der Waals surface area contributed by atoms with E-state index in [1.807, 2.05) is 38.1 Å². The van der Waals surface area contributed by atoms with Crippen LogP contribution in [0.3, 0.4) is 0 Å². The monoisotopic (exact) mass is 312 g/mol. The maximum atomic E-state index is 12.9. The van der Waals surface area contributed by atoms with Crippen LogP contribution in [-0.2, 0) is 18.4 Å². The molecule has 2 aromatic rings. The molecule has 1 atom stereocenters. The van der Waals surface area contributed by atoms with Crippen LogP contribution in [0.15, 0.2) is 36.5 Å². The molecule has 0 saturated heterocycles. The molecule has 0 fully saturated rings. The molecule has 2 amide bonds. The van der Waals surface area contributed by atoms with Crippen molar-refractivity contribution in [2.45, 2.75) is 26.4 Å². The molecule has 1 aliphatic rings. The van der Waals surface area contributed by atoms with E-state index in [1.165, 1.54) is 0 Å². The zero-order chi connectivity index (χ0) is 16.6. The molecule has 0 radical (unpaired) electrons. The van der Waals surface area contributed by atoms with Gasteiger partial charge in [0.05, 0.1) is 0 Å². The van der Waals surface area contributed by atoms with Crippen molar-refractivity contribution in [2.24, 2.45) is 13.0 Å². The summed E-state index contributed by atoms with van der Waals surface area (Å²) < 4.78 is 1.59. The summed E-state index contributed by atoms with van der Waals surface area (Å²) >= 11 is 0. The lowest BCUT2D eigenvalue weighted by Gasteiger charge is -2.30. The number of amides is 2. The molecule has 0 aliphatic carbocycles. The van der Waals surface area contributed by atoms with Gasteiger partial charge in [-0.2, -0.15) is 5.10 Å². The van der Waals surface area contributed by atoms with Crippen molar-refractivity contribution < 1.29 is 9.59 Å². The first-order valence-corrected chi connectivity index (χ1v) is 7.66. The quantitative estimate of drug-likeness (QED) is 0.923. The highest BCUT2D eigenvalue weighted by Crippen LogP contribution is 2.27. The summed E-state index contributed by atoms with van der Waals surface area (Å²) in [4.78, 5) is 27.2. The van der Waals surface area contributed by atoms with E-state index in [0.29, 0.717) is 12.2 Å². The van der Waals surface area contributed by atoms with Crippen molar-refractivity contribution in [1.82, 2.24) is 14.7 Å². The van der Waals surface area contributed by atoms with Gasteiger partial charge in [0, 0.05) is 25.5 Å². The molecule has 23 heavy (non-hydrogen) atoms. The van der Waals surface area contributed by atoms with Gasteiger partial charge in [-0.15, -0.1) is 0 Å². The Labute approximate surface area is 135 Å². The number of carbonyl (C=O) groups excluding carboxylic acids is 2. The van der Waals surface area contributed by atoms with E-state index in [1.54, 1.807) is 28.9 Å². The molecule has 2 heterocycles. The Balaban J connectivity index is 2.03. The molecule has 0 spiro atoms. The number of rotatable bonds is 2. The van der Waals surface area contributed by atoms with Crippen LogP contribution in [0.1, 0.15) is 29.9 Å². The number of nitrogens with zero attached hydrogens (tertiary/aromatic N) is 3. The van der Waals surface area contributed by atoms with E-state index in [2.05, 4.69) is 10.4 Å². The second kappa shape index (κ2) is 5.87. The molecular weight excluding hydrogens is 292 g/mol. The van der Waals surface area contributed by atoms with Gasteiger partial charge in [0.2, 0.25) is 5.91 Å². The smallest absolute Gasteiger partial charge is 0.275 e. The maximum Gasteiger partial charge on any atom is 0.275 e. The van der Waals surface area contributed by atoms with Crippen LogP contribution >= 0.6 is 0 Å². The Morgan fingerprint density at radius 3 is 2.70 bits per heavy atom. The number of aryl methyl sites for hydroxylation is 1. The fraction of sp³-hybridized carbons (Fsp3) is 0.353. The number of aromatic nitrogens is 2. The molecule has 0 saturated carbocycles. The third-order valence-corrected chi connectivity index (χ3v) is 4.05. The van der Waals surface area contributed by atoms with Crippen LogP contribution in [0, 0.1) is 5.92 Å². The summed E-state index contributed by atoms with van der Waals surface area (Å²) in [5.41, 5.74) is 2.04. The lowest BCUT2D eigenvalue weighted by molar-refractivity contribution is -0.121. The summed E-state index contributed by atoms with van der Waals surface area (Å²) in [5.74, 6) is -0.387. The standard InChI is InChI=1S/C17H20N4O2/c1-11(2)15-16(22)18-13-7-5-4-6-12(13)10-21(15)17(23)14-8-9-20(3)19-14/h4-9,11,15H,10H2,1-3H3,(H,18,22). The fourth-order valence-corrected chi connectivity index (χ4v) is 2.95. The first kappa shape index (κ1) is 15.3. The van der Waals surface area contributed by atoms with E-state index >= 15 is 0 Å².